The number of hydrogen-bond donors (Lipinski definition) is 0. The van der Waals surface area contributed by atoms with Gasteiger partial charge < -0.3 is 9.09 Å². The molecule has 0 saturated heterocycles. The Hall–Kier alpha value is -2.69. The number of aromatic nitrogens is 3. The quantitative estimate of drug-likeness (QED) is 0.739. The smallest absolute Gasteiger partial charge is 0.263 e. The van der Waals surface area contributed by atoms with E-state index in [4.69, 9.17) is 4.52 Å². The summed E-state index contributed by atoms with van der Waals surface area (Å²) in [6.45, 7) is 8.78. The van der Waals surface area contributed by atoms with Crippen molar-refractivity contribution in [1.82, 2.24) is 14.7 Å². The van der Waals surface area contributed by atoms with Gasteiger partial charge in [-0.05, 0) is 35.6 Å². The van der Waals surface area contributed by atoms with Crippen LogP contribution in [0.5, 0.6) is 0 Å². The van der Waals surface area contributed by atoms with Gasteiger partial charge in [0.2, 0.25) is 0 Å². The molecule has 2 heterocycles. The first-order valence-electron chi connectivity index (χ1n) is 7.94. The zero-order valence-corrected chi connectivity index (χ0v) is 14.4. The molecular formula is C19H21N3O2. The van der Waals surface area contributed by atoms with E-state index in [-0.39, 0.29) is 16.9 Å². The molecule has 0 N–H and O–H groups in total. The minimum Gasteiger partial charge on any atom is -0.334 e. The van der Waals surface area contributed by atoms with Gasteiger partial charge in [0.25, 0.3) is 11.4 Å². The van der Waals surface area contributed by atoms with Crippen LogP contribution in [0, 0.1) is 6.92 Å². The van der Waals surface area contributed by atoms with E-state index < -0.39 is 0 Å². The summed E-state index contributed by atoms with van der Waals surface area (Å²) >= 11 is 0. The molecule has 24 heavy (non-hydrogen) atoms. The average Bonchev–Trinajstić information content (AvgIpc) is 2.95. The lowest BCUT2D eigenvalue weighted by Crippen LogP contribution is -2.21. The number of rotatable bonds is 3. The van der Waals surface area contributed by atoms with Crippen molar-refractivity contribution in [2.45, 2.75) is 39.7 Å². The summed E-state index contributed by atoms with van der Waals surface area (Å²) < 4.78 is 6.77. The van der Waals surface area contributed by atoms with Gasteiger partial charge in [-0.1, -0.05) is 50.2 Å². The molecule has 3 rings (SSSR count). The monoisotopic (exact) mass is 323 g/mol. The lowest BCUT2D eigenvalue weighted by atomic mass is 9.87. The van der Waals surface area contributed by atoms with Gasteiger partial charge in [0.05, 0.1) is 6.54 Å². The molecule has 0 atom stereocenters. The number of benzene rings is 1. The first kappa shape index (κ1) is 16.2. The fourth-order valence-corrected chi connectivity index (χ4v) is 2.54. The summed E-state index contributed by atoms with van der Waals surface area (Å²) in [6, 6.07) is 11.9. The van der Waals surface area contributed by atoms with Crippen molar-refractivity contribution < 1.29 is 4.52 Å². The van der Waals surface area contributed by atoms with Crippen LogP contribution in [-0.2, 0) is 12.0 Å². The number of pyridine rings is 1. The van der Waals surface area contributed by atoms with Crippen molar-refractivity contribution in [2.24, 2.45) is 0 Å². The van der Waals surface area contributed by atoms with Gasteiger partial charge in [-0.25, -0.2) is 0 Å². The predicted octanol–water partition coefficient (Wildman–Crippen LogP) is 3.55. The molecule has 0 amide bonds. The number of aryl methyl sites for hydroxylation is 1. The Balaban J connectivity index is 1.90. The van der Waals surface area contributed by atoms with Crippen LogP contribution < -0.4 is 5.56 Å². The molecule has 0 spiro atoms. The summed E-state index contributed by atoms with van der Waals surface area (Å²) in [4.78, 5) is 16.8. The van der Waals surface area contributed by atoms with Gasteiger partial charge in [0, 0.05) is 6.20 Å². The van der Waals surface area contributed by atoms with Crippen molar-refractivity contribution >= 4 is 0 Å². The third-order valence-electron chi connectivity index (χ3n) is 3.95. The van der Waals surface area contributed by atoms with Crippen LogP contribution in [0.15, 0.2) is 51.9 Å². The van der Waals surface area contributed by atoms with E-state index >= 15 is 0 Å². The van der Waals surface area contributed by atoms with E-state index in [0.717, 1.165) is 5.56 Å². The molecule has 3 aromatic rings. The molecule has 2 aromatic heterocycles. The molecule has 0 fully saturated rings. The average molecular weight is 323 g/mol. The van der Waals surface area contributed by atoms with E-state index in [1.165, 1.54) is 5.56 Å². The lowest BCUT2D eigenvalue weighted by molar-refractivity contribution is 0.425. The van der Waals surface area contributed by atoms with Crippen molar-refractivity contribution in [1.29, 1.82) is 0 Å². The Labute approximate surface area is 141 Å². The lowest BCUT2D eigenvalue weighted by Gasteiger charge is -2.19. The second kappa shape index (κ2) is 6.07. The summed E-state index contributed by atoms with van der Waals surface area (Å²) in [5, 5.41) is 3.75. The minimum atomic E-state index is -0.138. The van der Waals surface area contributed by atoms with Crippen LogP contribution >= 0.6 is 0 Å². The van der Waals surface area contributed by atoms with Gasteiger partial charge in [-0.15, -0.1) is 0 Å². The topological polar surface area (TPSA) is 60.9 Å². The first-order chi connectivity index (χ1) is 11.3. The van der Waals surface area contributed by atoms with Crippen LogP contribution in [0.4, 0.5) is 0 Å². The van der Waals surface area contributed by atoms with Crippen LogP contribution in [0.1, 0.15) is 37.7 Å². The molecular weight excluding hydrogens is 302 g/mol. The number of hydrogen-bond acceptors (Lipinski definition) is 4. The Bertz CT molecular complexity index is 899. The summed E-state index contributed by atoms with van der Waals surface area (Å²) in [7, 11) is 0. The van der Waals surface area contributed by atoms with E-state index in [1.807, 2.05) is 6.07 Å². The minimum absolute atomic E-state index is 0.116. The Morgan fingerprint density at radius 1 is 1.12 bits per heavy atom. The molecule has 124 valence electrons. The van der Waals surface area contributed by atoms with Crippen LogP contribution in [0.2, 0.25) is 0 Å². The standard InChI is InChI=1S/C19H21N3O2/c1-13-20-17(24-21-13)16-6-5-11-22(18(16)23)12-14-7-9-15(10-8-14)19(2,3)4/h5-11H,12H2,1-4H3. The fraction of sp³-hybridized carbons (Fsp3) is 0.316. The van der Waals surface area contributed by atoms with Gasteiger partial charge in [-0.3, -0.25) is 4.79 Å². The van der Waals surface area contributed by atoms with Gasteiger partial charge in [0.1, 0.15) is 5.56 Å². The molecule has 0 aliphatic heterocycles. The molecule has 0 unspecified atom stereocenters. The van der Waals surface area contributed by atoms with Crippen LogP contribution in [-0.4, -0.2) is 14.7 Å². The molecule has 5 nitrogen and oxygen atoms in total. The maximum Gasteiger partial charge on any atom is 0.263 e. The summed E-state index contributed by atoms with van der Waals surface area (Å²) in [6.07, 6.45) is 1.77. The van der Waals surface area contributed by atoms with Crippen LogP contribution in [0.3, 0.4) is 0 Å². The maximum absolute atomic E-state index is 12.6. The second-order valence-electron chi connectivity index (χ2n) is 6.95. The Morgan fingerprint density at radius 3 is 2.42 bits per heavy atom. The van der Waals surface area contributed by atoms with E-state index in [0.29, 0.717) is 17.9 Å². The van der Waals surface area contributed by atoms with Crippen molar-refractivity contribution in [3.05, 3.63) is 69.9 Å². The Kier molecular flexibility index (Phi) is 4.09. The largest absolute Gasteiger partial charge is 0.334 e. The van der Waals surface area contributed by atoms with Crippen molar-refractivity contribution in [2.75, 3.05) is 0 Å². The molecule has 0 bridgehead atoms. The third kappa shape index (κ3) is 3.30. The number of nitrogens with zero attached hydrogens (tertiary/aromatic N) is 3. The Morgan fingerprint density at radius 2 is 1.83 bits per heavy atom. The third-order valence-corrected chi connectivity index (χ3v) is 3.95. The highest BCUT2D eigenvalue weighted by Gasteiger charge is 2.14. The van der Waals surface area contributed by atoms with E-state index in [2.05, 4.69) is 55.2 Å². The molecule has 0 aliphatic carbocycles. The SMILES string of the molecule is Cc1noc(-c2cccn(Cc3ccc(C(C)(C)C)cc3)c2=O)n1. The van der Waals surface area contributed by atoms with Gasteiger partial charge >= 0.3 is 0 Å². The van der Waals surface area contributed by atoms with Gasteiger partial charge in [-0.2, -0.15) is 4.98 Å². The molecule has 5 heteroatoms. The highest BCUT2D eigenvalue weighted by molar-refractivity contribution is 5.50. The first-order valence-corrected chi connectivity index (χ1v) is 7.94. The van der Waals surface area contributed by atoms with E-state index in [9.17, 15) is 4.79 Å². The predicted molar refractivity (Wildman–Crippen MR) is 93.0 cm³/mol. The zero-order chi connectivity index (χ0) is 17.3. The molecule has 0 aliphatic rings. The zero-order valence-electron chi connectivity index (χ0n) is 14.4. The molecule has 0 saturated carbocycles. The van der Waals surface area contributed by atoms with Gasteiger partial charge in [0.15, 0.2) is 5.82 Å². The van der Waals surface area contributed by atoms with Crippen LogP contribution in [0.25, 0.3) is 11.5 Å². The molecule has 1 aromatic carbocycles. The second-order valence-corrected chi connectivity index (χ2v) is 6.95. The highest BCUT2D eigenvalue weighted by atomic mass is 16.5. The van der Waals surface area contributed by atoms with Crippen molar-refractivity contribution in [3.63, 3.8) is 0 Å². The highest BCUT2D eigenvalue weighted by Crippen LogP contribution is 2.22. The fourth-order valence-electron chi connectivity index (χ4n) is 2.54. The summed E-state index contributed by atoms with van der Waals surface area (Å²) in [5.41, 5.74) is 2.74. The van der Waals surface area contributed by atoms with Crippen molar-refractivity contribution in [3.8, 4) is 11.5 Å². The van der Waals surface area contributed by atoms with E-state index in [1.54, 1.807) is 23.8 Å². The normalized spacial score (nSPS) is 11.7. The summed E-state index contributed by atoms with van der Waals surface area (Å²) in [5.74, 6) is 0.771. The maximum atomic E-state index is 12.6. The molecule has 0 radical (unpaired) electrons.